The largest absolute Gasteiger partial charge is 0.399 e. The van der Waals surface area contributed by atoms with E-state index < -0.39 is 0 Å². The van der Waals surface area contributed by atoms with E-state index >= 15 is 0 Å². The molecular formula is C20H16N2O2. The van der Waals surface area contributed by atoms with Gasteiger partial charge in [-0.15, -0.1) is 0 Å². The van der Waals surface area contributed by atoms with Gasteiger partial charge < -0.3 is 5.73 Å². The Hall–Kier alpha value is -3.14. The Morgan fingerprint density at radius 1 is 0.917 bits per heavy atom. The van der Waals surface area contributed by atoms with E-state index in [2.05, 4.69) is 0 Å². The van der Waals surface area contributed by atoms with Crippen molar-refractivity contribution in [2.45, 2.75) is 13.5 Å². The average Bonchev–Trinajstić information content (AvgIpc) is 2.57. The van der Waals surface area contributed by atoms with Crippen molar-refractivity contribution in [3.8, 4) is 0 Å². The maximum Gasteiger partial charge on any atom is 0.261 e. The van der Waals surface area contributed by atoms with E-state index in [-0.39, 0.29) is 18.4 Å². The number of imide groups is 1. The smallest absolute Gasteiger partial charge is 0.261 e. The zero-order chi connectivity index (χ0) is 16.8. The highest BCUT2D eigenvalue weighted by Gasteiger charge is 2.32. The van der Waals surface area contributed by atoms with Crippen LogP contribution in [-0.4, -0.2) is 16.7 Å². The molecular weight excluding hydrogens is 300 g/mol. The number of rotatable bonds is 2. The summed E-state index contributed by atoms with van der Waals surface area (Å²) in [7, 11) is 0. The van der Waals surface area contributed by atoms with Gasteiger partial charge in [-0.3, -0.25) is 14.5 Å². The number of hydrogen-bond acceptors (Lipinski definition) is 3. The molecule has 0 unspecified atom stereocenters. The second-order valence-electron chi connectivity index (χ2n) is 6.15. The summed E-state index contributed by atoms with van der Waals surface area (Å²) >= 11 is 0. The molecule has 2 N–H and O–H groups in total. The molecule has 1 heterocycles. The predicted molar refractivity (Wildman–Crippen MR) is 93.7 cm³/mol. The van der Waals surface area contributed by atoms with Crippen LogP contribution in [-0.2, 0) is 6.54 Å². The highest BCUT2D eigenvalue weighted by Crippen LogP contribution is 2.32. The van der Waals surface area contributed by atoms with Gasteiger partial charge in [0.05, 0.1) is 12.1 Å². The van der Waals surface area contributed by atoms with Crippen molar-refractivity contribution in [1.82, 2.24) is 4.90 Å². The van der Waals surface area contributed by atoms with Crippen molar-refractivity contribution in [2.75, 3.05) is 5.73 Å². The van der Waals surface area contributed by atoms with Crippen LogP contribution in [0.25, 0.3) is 10.8 Å². The molecule has 0 radical (unpaired) electrons. The Morgan fingerprint density at radius 2 is 1.62 bits per heavy atom. The first-order chi connectivity index (χ1) is 11.5. The molecule has 2 amide bonds. The summed E-state index contributed by atoms with van der Waals surface area (Å²) in [5, 5.41) is 1.51. The molecule has 24 heavy (non-hydrogen) atoms. The normalized spacial score (nSPS) is 13.6. The number of anilines is 1. The molecule has 0 bridgehead atoms. The van der Waals surface area contributed by atoms with Crippen LogP contribution >= 0.6 is 0 Å². The van der Waals surface area contributed by atoms with Crippen LogP contribution in [0.5, 0.6) is 0 Å². The lowest BCUT2D eigenvalue weighted by atomic mass is 9.93. The van der Waals surface area contributed by atoms with Gasteiger partial charge in [0, 0.05) is 16.6 Å². The van der Waals surface area contributed by atoms with E-state index in [1.54, 1.807) is 18.2 Å². The van der Waals surface area contributed by atoms with Crippen LogP contribution in [0.2, 0.25) is 0 Å². The third kappa shape index (κ3) is 2.15. The number of amides is 2. The van der Waals surface area contributed by atoms with E-state index in [1.807, 2.05) is 43.3 Å². The fourth-order valence-electron chi connectivity index (χ4n) is 3.20. The van der Waals surface area contributed by atoms with E-state index in [4.69, 9.17) is 5.73 Å². The molecule has 4 rings (SSSR count). The molecule has 0 aliphatic carbocycles. The molecule has 1 aliphatic heterocycles. The summed E-state index contributed by atoms with van der Waals surface area (Å²) in [6, 6.07) is 16.7. The molecule has 0 saturated carbocycles. The number of aryl methyl sites for hydroxylation is 1. The van der Waals surface area contributed by atoms with Crippen LogP contribution < -0.4 is 5.73 Å². The van der Waals surface area contributed by atoms with Crippen molar-refractivity contribution in [2.24, 2.45) is 0 Å². The molecule has 0 aromatic heterocycles. The molecule has 0 atom stereocenters. The minimum atomic E-state index is -0.295. The van der Waals surface area contributed by atoms with Crippen LogP contribution in [0, 0.1) is 6.92 Å². The van der Waals surface area contributed by atoms with Crippen molar-refractivity contribution in [3.63, 3.8) is 0 Å². The first-order valence-corrected chi connectivity index (χ1v) is 7.78. The second kappa shape index (κ2) is 5.20. The number of nitrogens with two attached hydrogens (primary N) is 1. The number of nitrogen functional groups attached to an aromatic ring is 1. The van der Waals surface area contributed by atoms with E-state index in [9.17, 15) is 9.59 Å². The third-order valence-corrected chi connectivity index (χ3v) is 4.41. The SMILES string of the molecule is Cc1ccc(CN2C(=O)c3cccc4cc(N)cc(c34)C2=O)cc1. The van der Waals surface area contributed by atoms with Gasteiger partial charge in [0.1, 0.15) is 0 Å². The molecule has 3 aromatic carbocycles. The summed E-state index contributed by atoms with van der Waals surface area (Å²) in [6.45, 7) is 2.25. The summed E-state index contributed by atoms with van der Waals surface area (Å²) in [6.07, 6.45) is 0. The van der Waals surface area contributed by atoms with Crippen molar-refractivity contribution in [1.29, 1.82) is 0 Å². The van der Waals surface area contributed by atoms with E-state index in [1.165, 1.54) is 4.90 Å². The quantitative estimate of drug-likeness (QED) is 0.581. The van der Waals surface area contributed by atoms with Gasteiger partial charge in [0.25, 0.3) is 11.8 Å². The molecule has 0 spiro atoms. The molecule has 118 valence electrons. The highest BCUT2D eigenvalue weighted by atomic mass is 16.2. The molecule has 4 heteroatoms. The zero-order valence-corrected chi connectivity index (χ0v) is 13.2. The van der Waals surface area contributed by atoms with Crippen LogP contribution in [0.3, 0.4) is 0 Å². The Morgan fingerprint density at radius 3 is 2.38 bits per heavy atom. The molecule has 4 nitrogen and oxygen atoms in total. The number of hydrogen-bond donors (Lipinski definition) is 1. The van der Waals surface area contributed by atoms with Gasteiger partial charge in [-0.1, -0.05) is 42.0 Å². The van der Waals surface area contributed by atoms with Gasteiger partial charge in [-0.2, -0.15) is 0 Å². The van der Waals surface area contributed by atoms with Gasteiger partial charge in [0.15, 0.2) is 0 Å². The molecule has 0 saturated heterocycles. The fourth-order valence-corrected chi connectivity index (χ4v) is 3.20. The zero-order valence-electron chi connectivity index (χ0n) is 13.2. The van der Waals surface area contributed by atoms with E-state index in [0.717, 1.165) is 16.5 Å². The minimum absolute atomic E-state index is 0.253. The molecule has 0 fully saturated rings. The van der Waals surface area contributed by atoms with Gasteiger partial charge >= 0.3 is 0 Å². The van der Waals surface area contributed by atoms with Crippen molar-refractivity contribution >= 4 is 28.3 Å². The first kappa shape index (κ1) is 14.5. The lowest BCUT2D eigenvalue weighted by molar-refractivity contribution is 0.0598. The van der Waals surface area contributed by atoms with Crippen LogP contribution in [0.4, 0.5) is 5.69 Å². The fraction of sp³-hybridized carbons (Fsp3) is 0.100. The minimum Gasteiger partial charge on any atom is -0.399 e. The maximum atomic E-state index is 12.9. The Balaban J connectivity index is 1.83. The number of carbonyl (C=O) groups excluding carboxylic acids is 2. The predicted octanol–water partition coefficient (Wildman–Crippen LogP) is 3.53. The number of carbonyl (C=O) groups is 2. The Kier molecular flexibility index (Phi) is 3.13. The Bertz CT molecular complexity index is 990. The maximum absolute atomic E-state index is 12.9. The monoisotopic (exact) mass is 316 g/mol. The molecule has 1 aliphatic rings. The van der Waals surface area contributed by atoms with E-state index in [0.29, 0.717) is 22.2 Å². The summed E-state index contributed by atoms with van der Waals surface area (Å²) in [5.41, 5.74) is 9.55. The second-order valence-corrected chi connectivity index (χ2v) is 6.15. The topological polar surface area (TPSA) is 63.4 Å². The molecule has 3 aromatic rings. The first-order valence-electron chi connectivity index (χ1n) is 7.78. The average molecular weight is 316 g/mol. The standard InChI is InChI=1S/C20H16N2O2/c1-12-5-7-13(8-6-12)11-22-19(23)16-4-2-3-14-9-15(21)10-17(18(14)16)20(22)24/h2-10H,11,21H2,1H3. The third-order valence-electron chi connectivity index (χ3n) is 4.41. The van der Waals surface area contributed by atoms with Crippen molar-refractivity contribution < 1.29 is 9.59 Å². The highest BCUT2D eigenvalue weighted by molar-refractivity contribution is 6.25. The lowest BCUT2D eigenvalue weighted by Crippen LogP contribution is -2.39. The Labute approximate surface area is 139 Å². The summed E-state index contributed by atoms with van der Waals surface area (Å²) in [5.74, 6) is -0.556. The van der Waals surface area contributed by atoms with Gasteiger partial charge in [0.2, 0.25) is 0 Å². The van der Waals surface area contributed by atoms with Gasteiger partial charge in [-0.25, -0.2) is 0 Å². The number of benzene rings is 3. The van der Waals surface area contributed by atoms with Crippen LogP contribution in [0.1, 0.15) is 31.8 Å². The van der Waals surface area contributed by atoms with Crippen LogP contribution in [0.15, 0.2) is 54.6 Å². The summed E-state index contributed by atoms with van der Waals surface area (Å²) in [4.78, 5) is 27.0. The van der Waals surface area contributed by atoms with Crippen molar-refractivity contribution in [3.05, 3.63) is 76.9 Å². The number of nitrogens with zero attached hydrogens (tertiary/aromatic N) is 1. The lowest BCUT2D eigenvalue weighted by Gasteiger charge is -2.27. The summed E-state index contributed by atoms with van der Waals surface area (Å²) < 4.78 is 0. The van der Waals surface area contributed by atoms with Gasteiger partial charge in [-0.05, 0) is 36.1 Å².